The number of benzene rings is 4. The van der Waals surface area contributed by atoms with E-state index in [1.165, 1.54) is 24.4 Å². The summed E-state index contributed by atoms with van der Waals surface area (Å²) < 4.78 is 13.3. The summed E-state index contributed by atoms with van der Waals surface area (Å²) in [4.78, 5) is 16.3. The Hall–Kier alpha value is -4.69. The van der Waals surface area contributed by atoms with Crippen molar-refractivity contribution in [3.8, 4) is 17.2 Å². The van der Waals surface area contributed by atoms with Gasteiger partial charge in [-0.2, -0.15) is 0 Å². The molecule has 1 unspecified atom stereocenters. The number of nitro groups is 1. The van der Waals surface area contributed by atoms with Crippen molar-refractivity contribution in [3.05, 3.63) is 128 Å². The Bertz CT molecular complexity index is 1830. The maximum atomic E-state index is 14.1. The number of hydrogen-bond acceptors (Lipinski definition) is 7. The molecule has 2 N–H and O–H groups in total. The Kier molecular flexibility index (Phi) is 11.4. The molecular weight excluding hydrogens is 652 g/mol. The molecule has 8 nitrogen and oxygen atoms in total. The van der Waals surface area contributed by atoms with E-state index in [1.807, 2.05) is 108 Å². The first-order chi connectivity index (χ1) is 23.9. The molecule has 52 heavy (non-hydrogen) atoms. The van der Waals surface area contributed by atoms with Gasteiger partial charge in [0.2, 0.25) is 0 Å². The number of hydrogen-bond donors (Lipinski definition) is 2. The van der Waals surface area contributed by atoms with Gasteiger partial charge in [-0.1, -0.05) is 84.0 Å². The number of phenolic OH excluding ortho intramolecular Hbond substituents is 1. The highest BCUT2D eigenvalue weighted by Crippen LogP contribution is 2.48. The van der Waals surface area contributed by atoms with Gasteiger partial charge in [0.1, 0.15) is 34.1 Å². The summed E-state index contributed by atoms with van der Waals surface area (Å²) in [5.74, 6) is 0.795. The van der Waals surface area contributed by atoms with Crippen molar-refractivity contribution < 1.29 is 24.6 Å². The van der Waals surface area contributed by atoms with Crippen LogP contribution in [0.2, 0.25) is 0 Å². The van der Waals surface area contributed by atoms with E-state index in [2.05, 4.69) is 41.5 Å². The second-order valence-corrected chi connectivity index (χ2v) is 17.6. The molecule has 4 aromatic rings. The first kappa shape index (κ1) is 40.1. The summed E-state index contributed by atoms with van der Waals surface area (Å²) >= 11 is 0. The summed E-state index contributed by atoms with van der Waals surface area (Å²) in [5, 5.41) is 36.6. The van der Waals surface area contributed by atoms with Crippen molar-refractivity contribution in [1.82, 2.24) is 0 Å². The number of phenols is 1. The molecule has 4 rings (SSSR count). The van der Waals surface area contributed by atoms with Gasteiger partial charge in [-0.25, -0.2) is 0 Å². The largest absolute Gasteiger partial charge is 0.507 e. The SMILES string of the molecule is CC(C)(C)Oc1ccc(C(C)(C)C)cc1C(O)(c1cc(C(C)(C)C)ccc1OC(C)(C)C)C(Cc1ccccc1)N=Cc1cc([N+](=O)[O-])ccc1O. The second kappa shape index (κ2) is 14.7. The average Bonchev–Trinajstić information content (AvgIpc) is 3.01. The molecule has 0 radical (unpaired) electrons. The molecule has 0 bridgehead atoms. The molecule has 0 aliphatic heterocycles. The van der Waals surface area contributed by atoms with Crippen LogP contribution in [0.5, 0.6) is 17.2 Å². The Labute approximate surface area is 309 Å². The number of aromatic hydroxyl groups is 1. The van der Waals surface area contributed by atoms with Crippen LogP contribution >= 0.6 is 0 Å². The van der Waals surface area contributed by atoms with Crippen LogP contribution in [0, 0.1) is 10.1 Å². The first-order valence-electron chi connectivity index (χ1n) is 17.8. The quantitative estimate of drug-likeness (QED) is 0.0963. The third kappa shape index (κ3) is 9.79. The van der Waals surface area contributed by atoms with Crippen molar-refractivity contribution >= 4 is 11.9 Å². The average molecular weight is 709 g/mol. The van der Waals surface area contributed by atoms with Crippen LogP contribution in [0.15, 0.2) is 89.9 Å². The fraction of sp³-hybridized carbons (Fsp3) is 0.432. The Morgan fingerprint density at radius 3 is 1.62 bits per heavy atom. The predicted octanol–water partition coefficient (Wildman–Crippen LogP) is 10.2. The molecule has 0 heterocycles. The molecule has 0 aromatic heterocycles. The maximum absolute atomic E-state index is 14.1. The van der Waals surface area contributed by atoms with Crippen LogP contribution in [-0.2, 0) is 22.9 Å². The highest BCUT2D eigenvalue weighted by Gasteiger charge is 2.46. The van der Waals surface area contributed by atoms with Gasteiger partial charge in [0.15, 0.2) is 0 Å². The maximum Gasteiger partial charge on any atom is 0.270 e. The lowest BCUT2D eigenvalue weighted by molar-refractivity contribution is -0.384. The van der Waals surface area contributed by atoms with Crippen LogP contribution in [0.4, 0.5) is 5.69 Å². The summed E-state index contributed by atoms with van der Waals surface area (Å²) in [7, 11) is 0. The third-order valence-corrected chi connectivity index (χ3v) is 8.71. The molecule has 0 aliphatic carbocycles. The van der Waals surface area contributed by atoms with Crippen LogP contribution in [0.3, 0.4) is 0 Å². The Balaban J connectivity index is 2.22. The lowest BCUT2D eigenvalue weighted by Crippen LogP contribution is -2.43. The monoisotopic (exact) mass is 708 g/mol. The highest BCUT2D eigenvalue weighted by molar-refractivity contribution is 5.84. The highest BCUT2D eigenvalue weighted by atomic mass is 16.6. The minimum Gasteiger partial charge on any atom is -0.507 e. The van der Waals surface area contributed by atoms with Crippen LogP contribution in [0.1, 0.15) is 116 Å². The smallest absolute Gasteiger partial charge is 0.270 e. The Morgan fingerprint density at radius 2 is 1.19 bits per heavy atom. The van der Waals surface area contributed by atoms with Gasteiger partial charge in [0.25, 0.3) is 5.69 Å². The van der Waals surface area contributed by atoms with E-state index >= 15 is 0 Å². The number of aliphatic hydroxyl groups is 1. The van der Waals surface area contributed by atoms with Gasteiger partial charge in [0, 0.05) is 35.0 Å². The van der Waals surface area contributed by atoms with E-state index < -0.39 is 27.8 Å². The van der Waals surface area contributed by atoms with E-state index in [1.54, 1.807) is 0 Å². The molecule has 0 fully saturated rings. The van der Waals surface area contributed by atoms with E-state index in [-0.39, 0.29) is 34.3 Å². The molecule has 278 valence electrons. The molecular formula is C44H56N2O6. The predicted molar refractivity (Wildman–Crippen MR) is 210 cm³/mol. The molecule has 0 saturated carbocycles. The minimum atomic E-state index is -1.91. The van der Waals surface area contributed by atoms with Crippen molar-refractivity contribution in [1.29, 1.82) is 0 Å². The summed E-state index contributed by atoms with van der Waals surface area (Å²) in [6, 6.07) is 24.5. The summed E-state index contributed by atoms with van der Waals surface area (Å²) in [6.07, 6.45) is 1.67. The van der Waals surface area contributed by atoms with E-state index in [9.17, 15) is 20.3 Å². The van der Waals surface area contributed by atoms with Gasteiger partial charge in [-0.3, -0.25) is 15.1 Å². The number of ether oxygens (including phenoxy) is 2. The lowest BCUT2D eigenvalue weighted by atomic mass is 9.73. The van der Waals surface area contributed by atoms with Crippen molar-refractivity contribution in [3.63, 3.8) is 0 Å². The number of nitro benzene ring substituents is 1. The second-order valence-electron chi connectivity index (χ2n) is 17.6. The number of rotatable bonds is 10. The van der Waals surface area contributed by atoms with Crippen molar-refractivity contribution in [2.45, 2.75) is 123 Å². The Morgan fingerprint density at radius 1 is 0.712 bits per heavy atom. The standard InChI is InChI=1S/C44H56N2O6/c1-40(2,3)31-18-22-37(51-42(7,8)9)34(26-31)44(48,35-27-32(41(4,5)6)19-23-38(35)52-43(10,11)12)39(24-29-16-14-13-15-17-29)45-28-30-25-33(46(49)50)20-21-36(30)47/h13-23,25-28,39,47-48H,24H2,1-12H3. The van der Waals surface area contributed by atoms with Gasteiger partial charge in [-0.15, -0.1) is 0 Å². The number of aliphatic imine (C=N–C) groups is 1. The summed E-state index contributed by atoms with van der Waals surface area (Å²) in [5.41, 5.74) is 0.0914. The fourth-order valence-electron chi connectivity index (χ4n) is 6.01. The third-order valence-electron chi connectivity index (χ3n) is 8.71. The zero-order chi connectivity index (χ0) is 38.9. The van der Waals surface area contributed by atoms with Crippen LogP contribution < -0.4 is 9.47 Å². The van der Waals surface area contributed by atoms with Gasteiger partial charge >= 0.3 is 0 Å². The normalized spacial score (nSPS) is 13.6. The lowest BCUT2D eigenvalue weighted by Gasteiger charge is -2.40. The van der Waals surface area contributed by atoms with E-state index in [4.69, 9.17) is 14.5 Å². The molecule has 1 atom stereocenters. The van der Waals surface area contributed by atoms with Crippen LogP contribution in [0.25, 0.3) is 0 Å². The zero-order valence-electron chi connectivity index (χ0n) is 32.9. The molecule has 0 amide bonds. The molecule has 8 heteroatoms. The minimum absolute atomic E-state index is 0.152. The number of non-ortho nitro benzene ring substituents is 1. The van der Waals surface area contributed by atoms with Gasteiger partial charge in [-0.05, 0) is 106 Å². The topological polar surface area (TPSA) is 114 Å². The molecule has 0 aliphatic rings. The zero-order valence-corrected chi connectivity index (χ0v) is 32.9. The van der Waals surface area contributed by atoms with Crippen LogP contribution in [-0.4, -0.2) is 38.6 Å². The fourth-order valence-corrected chi connectivity index (χ4v) is 6.01. The summed E-state index contributed by atoms with van der Waals surface area (Å²) in [6.45, 7) is 24.5. The molecule has 0 spiro atoms. The van der Waals surface area contributed by atoms with Crippen molar-refractivity contribution in [2.75, 3.05) is 0 Å². The van der Waals surface area contributed by atoms with E-state index in [0.717, 1.165) is 16.7 Å². The van der Waals surface area contributed by atoms with E-state index in [0.29, 0.717) is 22.6 Å². The van der Waals surface area contributed by atoms with Gasteiger partial charge in [0.05, 0.1) is 11.0 Å². The van der Waals surface area contributed by atoms with Crippen molar-refractivity contribution in [2.24, 2.45) is 4.99 Å². The number of nitrogens with zero attached hydrogens (tertiary/aromatic N) is 2. The molecule has 0 saturated heterocycles. The first-order valence-corrected chi connectivity index (χ1v) is 17.8. The van der Waals surface area contributed by atoms with Gasteiger partial charge < -0.3 is 19.7 Å². The molecule has 4 aromatic carbocycles.